The van der Waals surface area contributed by atoms with Gasteiger partial charge >= 0.3 is 0 Å². The lowest BCUT2D eigenvalue weighted by Gasteiger charge is -2.17. The van der Waals surface area contributed by atoms with E-state index >= 15 is 0 Å². The zero-order chi connectivity index (χ0) is 12.6. The number of carbonyl (C=O) groups excluding carboxylic acids is 1. The second-order valence-corrected chi connectivity index (χ2v) is 5.86. The average Bonchev–Trinajstić information content (AvgIpc) is 2.22. The van der Waals surface area contributed by atoms with Gasteiger partial charge in [-0.25, -0.2) is 0 Å². The van der Waals surface area contributed by atoms with Gasteiger partial charge in [0, 0.05) is 34.8 Å². The van der Waals surface area contributed by atoms with Crippen molar-refractivity contribution in [2.75, 3.05) is 18.6 Å². The monoisotopic (exact) mass is 248 g/mol. The fourth-order valence-electron chi connectivity index (χ4n) is 1.36. The molecular formula is C11H24N2O2S. The molecule has 0 fully saturated rings. The van der Waals surface area contributed by atoms with Crippen LogP contribution in [-0.2, 0) is 15.6 Å². The van der Waals surface area contributed by atoms with Crippen LogP contribution in [0.15, 0.2) is 0 Å². The van der Waals surface area contributed by atoms with Crippen LogP contribution >= 0.6 is 0 Å². The first-order valence-corrected chi connectivity index (χ1v) is 7.50. The third kappa shape index (κ3) is 7.82. The number of nitrogens with two attached hydrogens (primary N) is 1. The van der Waals surface area contributed by atoms with Gasteiger partial charge in [-0.05, 0) is 32.7 Å². The summed E-state index contributed by atoms with van der Waals surface area (Å²) in [5.41, 5.74) is 5.39. The molecule has 3 atom stereocenters. The van der Waals surface area contributed by atoms with Gasteiger partial charge in [-0.1, -0.05) is 6.92 Å². The molecule has 0 bridgehead atoms. The number of hydrogen-bond acceptors (Lipinski definition) is 3. The van der Waals surface area contributed by atoms with E-state index in [1.807, 2.05) is 13.8 Å². The van der Waals surface area contributed by atoms with Gasteiger partial charge in [0.2, 0.25) is 5.91 Å². The summed E-state index contributed by atoms with van der Waals surface area (Å²) in [7, 11) is -0.784. The Kier molecular flexibility index (Phi) is 8.47. The Hall–Kier alpha value is -0.420. The highest BCUT2D eigenvalue weighted by molar-refractivity contribution is 7.84. The highest BCUT2D eigenvalue weighted by Crippen LogP contribution is 2.05. The SMILES string of the molecule is CC(CCS(C)=O)NC(=O)C(C)CCCN. The van der Waals surface area contributed by atoms with Crippen LogP contribution < -0.4 is 11.1 Å². The maximum atomic E-state index is 11.7. The van der Waals surface area contributed by atoms with E-state index in [0.29, 0.717) is 12.3 Å². The molecule has 0 aromatic heterocycles. The van der Waals surface area contributed by atoms with Gasteiger partial charge in [0.25, 0.3) is 0 Å². The zero-order valence-corrected chi connectivity index (χ0v) is 11.3. The van der Waals surface area contributed by atoms with E-state index in [4.69, 9.17) is 5.73 Å². The van der Waals surface area contributed by atoms with Crippen LogP contribution in [0.2, 0.25) is 0 Å². The van der Waals surface area contributed by atoms with Crippen molar-refractivity contribution in [3.63, 3.8) is 0 Å². The van der Waals surface area contributed by atoms with Crippen LogP contribution in [0.25, 0.3) is 0 Å². The largest absolute Gasteiger partial charge is 0.353 e. The third-order valence-electron chi connectivity index (χ3n) is 2.52. The molecule has 1 amide bonds. The van der Waals surface area contributed by atoms with Crippen molar-refractivity contribution in [1.29, 1.82) is 0 Å². The van der Waals surface area contributed by atoms with Crippen molar-refractivity contribution >= 4 is 16.7 Å². The highest BCUT2D eigenvalue weighted by Gasteiger charge is 2.14. The molecule has 96 valence electrons. The van der Waals surface area contributed by atoms with Crippen LogP contribution in [0.4, 0.5) is 0 Å². The lowest BCUT2D eigenvalue weighted by molar-refractivity contribution is -0.125. The van der Waals surface area contributed by atoms with Crippen LogP contribution in [-0.4, -0.2) is 34.7 Å². The number of nitrogens with one attached hydrogen (secondary N) is 1. The summed E-state index contributed by atoms with van der Waals surface area (Å²) in [5, 5.41) is 2.93. The molecule has 0 aliphatic heterocycles. The van der Waals surface area contributed by atoms with Crippen LogP contribution in [0, 0.1) is 5.92 Å². The molecule has 0 saturated heterocycles. The molecule has 0 radical (unpaired) electrons. The van der Waals surface area contributed by atoms with Crippen molar-refractivity contribution in [3.8, 4) is 0 Å². The van der Waals surface area contributed by atoms with Crippen molar-refractivity contribution in [2.45, 2.75) is 39.2 Å². The minimum Gasteiger partial charge on any atom is -0.353 e. The van der Waals surface area contributed by atoms with Gasteiger partial charge < -0.3 is 11.1 Å². The lowest BCUT2D eigenvalue weighted by atomic mass is 10.0. The molecule has 16 heavy (non-hydrogen) atoms. The van der Waals surface area contributed by atoms with Gasteiger partial charge in [-0.2, -0.15) is 0 Å². The number of carbonyl (C=O) groups is 1. The van der Waals surface area contributed by atoms with E-state index in [1.54, 1.807) is 6.26 Å². The Morgan fingerprint density at radius 3 is 2.50 bits per heavy atom. The van der Waals surface area contributed by atoms with E-state index in [1.165, 1.54) is 0 Å². The van der Waals surface area contributed by atoms with Crippen LogP contribution in [0.5, 0.6) is 0 Å². The molecular weight excluding hydrogens is 224 g/mol. The Balaban J connectivity index is 3.80. The van der Waals surface area contributed by atoms with E-state index in [0.717, 1.165) is 19.3 Å². The molecule has 0 aliphatic carbocycles. The molecule has 4 nitrogen and oxygen atoms in total. The summed E-state index contributed by atoms with van der Waals surface area (Å²) in [5.74, 6) is 0.722. The Labute approximate surface area is 101 Å². The zero-order valence-electron chi connectivity index (χ0n) is 10.5. The highest BCUT2D eigenvalue weighted by atomic mass is 32.2. The molecule has 0 saturated carbocycles. The van der Waals surface area contributed by atoms with Crippen LogP contribution in [0.1, 0.15) is 33.1 Å². The van der Waals surface area contributed by atoms with Gasteiger partial charge in [-0.15, -0.1) is 0 Å². The summed E-state index contributed by atoms with van der Waals surface area (Å²) >= 11 is 0. The average molecular weight is 248 g/mol. The fourth-order valence-corrected chi connectivity index (χ4v) is 2.04. The summed E-state index contributed by atoms with van der Waals surface area (Å²) in [4.78, 5) is 11.7. The summed E-state index contributed by atoms with van der Waals surface area (Å²) in [6.07, 6.45) is 4.15. The first kappa shape index (κ1) is 15.6. The Morgan fingerprint density at radius 1 is 1.38 bits per heavy atom. The van der Waals surface area contributed by atoms with Crippen molar-refractivity contribution in [2.24, 2.45) is 11.7 Å². The minimum absolute atomic E-state index is 0.0122. The van der Waals surface area contributed by atoms with Gasteiger partial charge in [0.1, 0.15) is 0 Å². The fraction of sp³-hybridized carbons (Fsp3) is 0.909. The van der Waals surface area contributed by atoms with E-state index in [2.05, 4.69) is 5.32 Å². The standard InChI is InChI=1S/C11H24N2O2S/c1-9(5-4-7-12)11(14)13-10(2)6-8-16(3)15/h9-10H,4-8,12H2,1-3H3,(H,13,14). The lowest BCUT2D eigenvalue weighted by Crippen LogP contribution is -2.37. The van der Waals surface area contributed by atoms with E-state index in [9.17, 15) is 9.00 Å². The Morgan fingerprint density at radius 2 is 2.00 bits per heavy atom. The van der Waals surface area contributed by atoms with E-state index in [-0.39, 0.29) is 17.9 Å². The maximum Gasteiger partial charge on any atom is 0.223 e. The second kappa shape index (κ2) is 8.70. The van der Waals surface area contributed by atoms with Crippen LogP contribution in [0.3, 0.4) is 0 Å². The molecule has 0 rings (SSSR count). The minimum atomic E-state index is -0.784. The van der Waals surface area contributed by atoms with Gasteiger partial charge in [0.15, 0.2) is 0 Å². The molecule has 0 spiro atoms. The molecule has 5 heteroatoms. The normalized spacial score (nSPS) is 16.5. The number of rotatable bonds is 8. The van der Waals surface area contributed by atoms with E-state index < -0.39 is 10.8 Å². The quantitative estimate of drug-likeness (QED) is 0.662. The predicted octanol–water partition coefficient (Wildman–Crippen LogP) is 0.635. The van der Waals surface area contributed by atoms with Gasteiger partial charge in [-0.3, -0.25) is 9.00 Å². The topological polar surface area (TPSA) is 72.2 Å². The Bertz CT molecular complexity index is 234. The van der Waals surface area contributed by atoms with Gasteiger partial charge in [0.05, 0.1) is 0 Å². The second-order valence-electron chi connectivity index (χ2n) is 4.31. The number of hydrogen-bond donors (Lipinski definition) is 2. The first-order chi connectivity index (χ1) is 7.47. The molecule has 3 N–H and O–H groups in total. The number of amides is 1. The van der Waals surface area contributed by atoms with Crippen molar-refractivity contribution < 1.29 is 9.00 Å². The molecule has 0 aromatic rings. The first-order valence-electron chi connectivity index (χ1n) is 5.77. The predicted molar refractivity (Wildman–Crippen MR) is 68.6 cm³/mol. The molecule has 0 heterocycles. The molecule has 0 aliphatic rings. The maximum absolute atomic E-state index is 11.7. The molecule has 0 aromatic carbocycles. The summed E-state index contributed by atoms with van der Waals surface area (Å²) in [6.45, 7) is 4.48. The smallest absolute Gasteiger partial charge is 0.223 e. The molecule has 3 unspecified atom stereocenters. The third-order valence-corrected chi connectivity index (χ3v) is 3.33. The van der Waals surface area contributed by atoms with Crippen molar-refractivity contribution in [1.82, 2.24) is 5.32 Å². The van der Waals surface area contributed by atoms with Crippen molar-refractivity contribution in [3.05, 3.63) is 0 Å². The summed E-state index contributed by atoms with van der Waals surface area (Å²) in [6, 6.07) is 0.0942. The summed E-state index contributed by atoms with van der Waals surface area (Å²) < 4.78 is 10.9.